The number of aromatic nitrogens is 1. The Hall–Kier alpha value is -4.57. The molecule has 1 aliphatic heterocycles. The van der Waals surface area contributed by atoms with Gasteiger partial charge >= 0.3 is 5.97 Å². The molecule has 1 aromatic heterocycles. The van der Waals surface area contributed by atoms with Gasteiger partial charge in [0.25, 0.3) is 5.56 Å². The number of hydrogen-bond acceptors (Lipinski definition) is 8. The SMILES string of the molecule is CCOC(=O)C1=C(C)N=c2sc(=Cc3c(OC)ccc4ccccc34)c(=O)n2[C@H]1c1ccc(OCc2ccc(Cl)cc2Cl)c(OC)c1. The van der Waals surface area contributed by atoms with E-state index in [4.69, 9.17) is 47.1 Å². The molecular formula is C36H30Cl2N2O6S. The fourth-order valence-corrected chi connectivity index (χ4v) is 7.10. The first kappa shape index (κ1) is 32.4. The number of fused-ring (bicyclic) bond motifs is 2. The first-order valence-corrected chi connectivity index (χ1v) is 16.3. The molecular weight excluding hydrogens is 659 g/mol. The van der Waals surface area contributed by atoms with Gasteiger partial charge in [-0.15, -0.1) is 0 Å². The highest BCUT2D eigenvalue weighted by atomic mass is 35.5. The summed E-state index contributed by atoms with van der Waals surface area (Å²) in [6.07, 6.45) is 1.82. The molecule has 0 aliphatic carbocycles. The van der Waals surface area contributed by atoms with Crippen molar-refractivity contribution in [3.8, 4) is 17.2 Å². The smallest absolute Gasteiger partial charge is 0.338 e. The van der Waals surface area contributed by atoms with Crippen LogP contribution in [0.25, 0.3) is 16.8 Å². The van der Waals surface area contributed by atoms with Gasteiger partial charge in [0.05, 0.1) is 42.7 Å². The predicted octanol–water partition coefficient (Wildman–Crippen LogP) is 6.85. The molecule has 0 spiro atoms. The van der Waals surface area contributed by atoms with E-state index in [1.807, 2.05) is 42.5 Å². The Kier molecular flexibility index (Phi) is 9.40. The van der Waals surface area contributed by atoms with Crippen LogP contribution in [-0.2, 0) is 16.1 Å². The zero-order valence-electron chi connectivity index (χ0n) is 26.0. The number of rotatable bonds is 9. The molecule has 8 nitrogen and oxygen atoms in total. The molecule has 0 saturated heterocycles. The van der Waals surface area contributed by atoms with Crippen LogP contribution in [0.15, 0.2) is 93.9 Å². The van der Waals surface area contributed by atoms with Crippen LogP contribution in [0.3, 0.4) is 0 Å². The number of halogens is 2. The number of allylic oxidation sites excluding steroid dienone is 1. The van der Waals surface area contributed by atoms with E-state index < -0.39 is 12.0 Å². The number of esters is 1. The highest BCUT2D eigenvalue weighted by Gasteiger charge is 2.34. The standard InChI is InChI=1S/C36H30Cl2N2O6S/c1-5-45-35(42)32-20(2)39-36-40(34(41)31(47-36)18-26-25-9-7-6-8-21(25)11-14-28(26)43-3)33(32)22-12-15-29(30(16-22)44-4)46-19-23-10-13-24(37)17-27(23)38/h6-18,33H,5,19H2,1-4H3/t33-/m0/s1. The lowest BCUT2D eigenvalue weighted by Gasteiger charge is -2.25. The monoisotopic (exact) mass is 688 g/mol. The number of nitrogens with zero attached hydrogens (tertiary/aromatic N) is 2. The minimum Gasteiger partial charge on any atom is -0.496 e. The summed E-state index contributed by atoms with van der Waals surface area (Å²) in [5.41, 5.74) is 2.56. The normalized spacial score (nSPS) is 14.5. The van der Waals surface area contributed by atoms with Crippen LogP contribution in [0.5, 0.6) is 17.2 Å². The minimum atomic E-state index is -0.837. The van der Waals surface area contributed by atoms with E-state index in [1.54, 1.807) is 57.4 Å². The zero-order valence-corrected chi connectivity index (χ0v) is 28.3. The molecule has 1 aliphatic rings. The molecule has 1 atom stereocenters. The Bertz CT molecular complexity index is 2240. The maximum atomic E-state index is 14.3. The van der Waals surface area contributed by atoms with Crippen LogP contribution in [0.1, 0.15) is 36.6 Å². The van der Waals surface area contributed by atoms with Gasteiger partial charge in [-0.05, 0) is 66.6 Å². The third kappa shape index (κ3) is 6.26. The lowest BCUT2D eigenvalue weighted by atomic mass is 9.95. The molecule has 0 fully saturated rings. The van der Waals surface area contributed by atoms with E-state index in [1.165, 1.54) is 23.0 Å². The van der Waals surface area contributed by atoms with Crippen molar-refractivity contribution in [1.82, 2.24) is 4.57 Å². The van der Waals surface area contributed by atoms with Gasteiger partial charge in [-0.1, -0.05) is 77.0 Å². The highest BCUT2D eigenvalue weighted by molar-refractivity contribution is 7.07. The van der Waals surface area contributed by atoms with Gasteiger partial charge in [-0.3, -0.25) is 9.36 Å². The van der Waals surface area contributed by atoms with E-state index in [2.05, 4.69) is 0 Å². The Morgan fingerprint density at radius 3 is 2.49 bits per heavy atom. The van der Waals surface area contributed by atoms with E-state index in [0.717, 1.165) is 21.9 Å². The van der Waals surface area contributed by atoms with Gasteiger partial charge < -0.3 is 18.9 Å². The topological polar surface area (TPSA) is 88.4 Å². The number of carbonyl (C=O) groups excluding carboxylic acids is 1. The molecule has 0 saturated carbocycles. The molecule has 0 unspecified atom stereocenters. The van der Waals surface area contributed by atoms with E-state index in [9.17, 15) is 9.59 Å². The van der Waals surface area contributed by atoms with Gasteiger partial charge in [-0.25, -0.2) is 9.79 Å². The molecule has 6 rings (SSSR count). The average Bonchev–Trinajstić information content (AvgIpc) is 3.37. The van der Waals surface area contributed by atoms with Crippen molar-refractivity contribution in [2.45, 2.75) is 26.5 Å². The van der Waals surface area contributed by atoms with Gasteiger partial charge in [-0.2, -0.15) is 0 Å². The van der Waals surface area contributed by atoms with Crippen molar-refractivity contribution in [2.24, 2.45) is 4.99 Å². The number of methoxy groups -OCH3 is 2. The fourth-order valence-electron chi connectivity index (χ4n) is 5.61. The number of carbonyl (C=O) groups is 1. The second kappa shape index (κ2) is 13.7. The molecule has 2 heterocycles. The maximum Gasteiger partial charge on any atom is 0.338 e. The lowest BCUT2D eigenvalue weighted by Crippen LogP contribution is -2.40. The van der Waals surface area contributed by atoms with Crippen LogP contribution < -0.4 is 29.1 Å². The number of benzene rings is 4. The number of thiazole rings is 1. The van der Waals surface area contributed by atoms with Gasteiger partial charge in [0.2, 0.25) is 0 Å². The third-order valence-corrected chi connectivity index (χ3v) is 9.41. The zero-order chi connectivity index (χ0) is 33.2. The Morgan fingerprint density at radius 1 is 0.979 bits per heavy atom. The summed E-state index contributed by atoms with van der Waals surface area (Å²) < 4.78 is 24.9. The Balaban J connectivity index is 1.48. The minimum absolute atomic E-state index is 0.164. The van der Waals surface area contributed by atoms with Crippen molar-refractivity contribution < 1.29 is 23.7 Å². The second-order valence-electron chi connectivity index (χ2n) is 10.6. The average molecular weight is 690 g/mol. The summed E-state index contributed by atoms with van der Waals surface area (Å²) in [5, 5.41) is 2.97. The second-order valence-corrected chi connectivity index (χ2v) is 12.5. The lowest BCUT2D eigenvalue weighted by molar-refractivity contribution is -0.139. The van der Waals surface area contributed by atoms with Gasteiger partial charge in [0.15, 0.2) is 16.3 Å². The first-order valence-electron chi connectivity index (χ1n) is 14.7. The molecule has 4 aromatic carbocycles. The summed E-state index contributed by atoms with van der Waals surface area (Å²) in [6.45, 7) is 3.81. The van der Waals surface area contributed by atoms with Crippen molar-refractivity contribution in [3.63, 3.8) is 0 Å². The first-order chi connectivity index (χ1) is 22.7. The van der Waals surface area contributed by atoms with E-state index in [0.29, 0.717) is 47.9 Å². The number of ether oxygens (including phenoxy) is 4. The van der Waals surface area contributed by atoms with Crippen molar-refractivity contribution in [1.29, 1.82) is 0 Å². The highest BCUT2D eigenvalue weighted by Crippen LogP contribution is 2.37. The summed E-state index contributed by atoms with van der Waals surface area (Å²) in [4.78, 5) is 32.9. The molecule has 0 bridgehead atoms. The van der Waals surface area contributed by atoms with Crippen LogP contribution in [0, 0.1) is 0 Å². The van der Waals surface area contributed by atoms with Crippen molar-refractivity contribution in [3.05, 3.63) is 130 Å². The molecule has 5 aromatic rings. The van der Waals surface area contributed by atoms with Crippen LogP contribution in [0.4, 0.5) is 0 Å². The molecule has 47 heavy (non-hydrogen) atoms. The summed E-state index contributed by atoms with van der Waals surface area (Å²) >= 11 is 13.6. The quantitative estimate of drug-likeness (QED) is 0.157. The van der Waals surface area contributed by atoms with E-state index in [-0.39, 0.29) is 24.3 Å². The molecule has 0 radical (unpaired) electrons. The summed E-state index contributed by atoms with van der Waals surface area (Å²) in [7, 11) is 3.13. The van der Waals surface area contributed by atoms with Crippen LogP contribution in [-0.4, -0.2) is 31.4 Å². The van der Waals surface area contributed by atoms with Gasteiger partial charge in [0, 0.05) is 21.2 Å². The van der Waals surface area contributed by atoms with E-state index >= 15 is 0 Å². The van der Waals surface area contributed by atoms with Gasteiger partial charge in [0.1, 0.15) is 12.4 Å². The van der Waals surface area contributed by atoms with Crippen molar-refractivity contribution >= 4 is 57.4 Å². The summed E-state index contributed by atoms with van der Waals surface area (Å²) in [5.74, 6) is 0.944. The summed E-state index contributed by atoms with van der Waals surface area (Å²) in [6, 6.07) is 21.4. The third-order valence-electron chi connectivity index (χ3n) is 7.84. The maximum absolute atomic E-state index is 14.3. The molecule has 0 N–H and O–H groups in total. The molecule has 0 amide bonds. The van der Waals surface area contributed by atoms with Crippen LogP contribution in [0.2, 0.25) is 10.0 Å². The molecule has 11 heteroatoms. The largest absolute Gasteiger partial charge is 0.496 e. The Labute approximate surface area is 284 Å². The number of hydrogen-bond donors (Lipinski definition) is 0. The fraction of sp³-hybridized carbons (Fsp3) is 0.194. The van der Waals surface area contributed by atoms with Crippen LogP contribution >= 0.6 is 34.5 Å². The van der Waals surface area contributed by atoms with Crippen molar-refractivity contribution in [2.75, 3.05) is 20.8 Å². The predicted molar refractivity (Wildman–Crippen MR) is 185 cm³/mol. The Morgan fingerprint density at radius 2 is 1.74 bits per heavy atom. The molecule has 240 valence electrons.